The lowest BCUT2D eigenvalue weighted by Gasteiger charge is -2.36. The van der Waals surface area contributed by atoms with Crippen molar-refractivity contribution in [2.24, 2.45) is 5.92 Å². The molecule has 2 aromatic rings. The van der Waals surface area contributed by atoms with Gasteiger partial charge >= 0.3 is 6.03 Å². The summed E-state index contributed by atoms with van der Waals surface area (Å²) >= 11 is 0. The minimum absolute atomic E-state index is 0.00117. The van der Waals surface area contributed by atoms with E-state index >= 15 is 0 Å². The van der Waals surface area contributed by atoms with Gasteiger partial charge in [0.05, 0.1) is 11.7 Å². The molecule has 0 radical (unpaired) electrons. The third-order valence-corrected chi connectivity index (χ3v) is 6.25. The second-order valence-corrected chi connectivity index (χ2v) is 9.74. The monoisotopic (exact) mass is 498 g/mol. The predicted molar refractivity (Wildman–Crippen MR) is 138 cm³/mol. The molecule has 1 aromatic carbocycles. The average Bonchev–Trinajstić information content (AvgIpc) is 2.84. The molecule has 1 aliphatic rings. The zero-order valence-electron chi connectivity index (χ0n) is 22.0. The fourth-order valence-electron chi connectivity index (χ4n) is 4.22. The van der Waals surface area contributed by atoms with Crippen molar-refractivity contribution in [2.75, 3.05) is 39.2 Å². The number of benzene rings is 1. The molecular formula is C26H38N6O4. The summed E-state index contributed by atoms with van der Waals surface area (Å²) in [5.74, 6) is 0.415. The molecule has 0 aliphatic carbocycles. The third-order valence-electron chi connectivity index (χ3n) is 6.25. The number of likely N-dealkylation sites (N-methyl/N-ethyl adjacent to an activating group) is 1. The maximum atomic E-state index is 13.4. The van der Waals surface area contributed by atoms with E-state index in [2.05, 4.69) is 39.3 Å². The zero-order valence-corrected chi connectivity index (χ0v) is 22.0. The Morgan fingerprint density at radius 1 is 1.22 bits per heavy atom. The molecule has 0 saturated carbocycles. The Morgan fingerprint density at radius 3 is 2.61 bits per heavy atom. The number of aromatic nitrogens is 2. The van der Waals surface area contributed by atoms with Crippen molar-refractivity contribution in [1.82, 2.24) is 25.1 Å². The molecule has 3 rings (SSSR count). The van der Waals surface area contributed by atoms with Gasteiger partial charge in [0.25, 0.3) is 5.91 Å². The number of fused-ring (bicyclic) bond motifs is 1. The maximum absolute atomic E-state index is 13.4. The summed E-state index contributed by atoms with van der Waals surface area (Å²) in [4.78, 5) is 37.8. The lowest BCUT2D eigenvalue weighted by Crippen LogP contribution is -2.46. The van der Waals surface area contributed by atoms with Gasteiger partial charge in [-0.05, 0) is 38.8 Å². The van der Waals surface area contributed by atoms with Crippen LogP contribution < -0.4 is 15.4 Å². The van der Waals surface area contributed by atoms with Crippen LogP contribution in [-0.2, 0) is 11.3 Å². The van der Waals surface area contributed by atoms with Crippen molar-refractivity contribution >= 4 is 17.6 Å². The Bertz CT molecular complexity index is 1020. The van der Waals surface area contributed by atoms with E-state index in [1.165, 1.54) is 6.33 Å². The van der Waals surface area contributed by atoms with Gasteiger partial charge in [-0.15, -0.1) is 0 Å². The second-order valence-electron chi connectivity index (χ2n) is 9.74. The number of urea groups is 1. The van der Waals surface area contributed by atoms with Crippen molar-refractivity contribution < 1.29 is 19.1 Å². The van der Waals surface area contributed by atoms with Crippen LogP contribution in [0.2, 0.25) is 0 Å². The number of amides is 3. The van der Waals surface area contributed by atoms with Gasteiger partial charge in [0.2, 0.25) is 0 Å². The fourth-order valence-corrected chi connectivity index (χ4v) is 4.22. The molecule has 2 N–H and O–H groups in total. The molecule has 0 spiro atoms. The van der Waals surface area contributed by atoms with E-state index < -0.39 is 0 Å². The molecule has 0 fully saturated rings. The van der Waals surface area contributed by atoms with Crippen LogP contribution in [0.25, 0.3) is 0 Å². The number of hydrogen-bond donors (Lipinski definition) is 2. The van der Waals surface area contributed by atoms with E-state index in [9.17, 15) is 9.59 Å². The highest BCUT2D eigenvalue weighted by Gasteiger charge is 2.28. The van der Waals surface area contributed by atoms with E-state index in [4.69, 9.17) is 9.47 Å². The number of rotatable bonds is 5. The lowest BCUT2D eigenvalue weighted by atomic mass is 10.0. The second kappa shape index (κ2) is 12.6. The quantitative estimate of drug-likeness (QED) is 0.652. The molecule has 2 heterocycles. The minimum Gasteiger partial charge on any atom is -0.491 e. The highest BCUT2D eigenvalue weighted by Crippen LogP contribution is 2.27. The van der Waals surface area contributed by atoms with Crippen molar-refractivity contribution in [3.8, 4) is 5.75 Å². The van der Waals surface area contributed by atoms with E-state index in [0.717, 1.165) is 12.1 Å². The average molecular weight is 499 g/mol. The van der Waals surface area contributed by atoms with Crippen molar-refractivity contribution in [3.63, 3.8) is 0 Å². The Kier molecular flexibility index (Phi) is 9.60. The van der Waals surface area contributed by atoms with Crippen LogP contribution in [0, 0.1) is 5.92 Å². The van der Waals surface area contributed by atoms with Crippen LogP contribution in [0.3, 0.4) is 0 Å². The third kappa shape index (κ3) is 7.38. The summed E-state index contributed by atoms with van der Waals surface area (Å²) < 4.78 is 12.0. The van der Waals surface area contributed by atoms with Crippen LogP contribution in [0.1, 0.15) is 43.6 Å². The summed E-state index contributed by atoms with van der Waals surface area (Å²) in [6, 6.07) is 4.81. The van der Waals surface area contributed by atoms with E-state index in [1.54, 1.807) is 37.3 Å². The Balaban J connectivity index is 1.91. The van der Waals surface area contributed by atoms with Crippen molar-refractivity contribution in [3.05, 3.63) is 48.0 Å². The van der Waals surface area contributed by atoms with E-state index in [0.29, 0.717) is 36.7 Å². The first-order valence-corrected chi connectivity index (χ1v) is 12.3. The highest BCUT2D eigenvalue weighted by molar-refractivity contribution is 5.98. The minimum atomic E-state index is -0.317. The van der Waals surface area contributed by atoms with E-state index in [1.807, 2.05) is 26.2 Å². The van der Waals surface area contributed by atoms with E-state index in [-0.39, 0.29) is 36.0 Å². The standard InChI is InChI=1S/C26H38N6O4/c1-17(2)29-26(34)30-21-7-8-22-23(9-21)36-15-19(4)32(13-20-10-27-16-28-11-20)12-18(3)24(35-6)14-31(5)25(22)33/h7-11,16-19,24H,12-15H2,1-6H3,(H2,29,30,34)/t18-,19-,24+/m0/s1. The number of nitrogens with one attached hydrogen (secondary N) is 2. The normalized spacial score (nSPS) is 21.7. The van der Waals surface area contributed by atoms with Crippen molar-refractivity contribution in [2.45, 2.75) is 52.4 Å². The van der Waals surface area contributed by atoms with Crippen molar-refractivity contribution in [1.29, 1.82) is 0 Å². The first-order chi connectivity index (χ1) is 17.2. The largest absolute Gasteiger partial charge is 0.491 e. The smallest absolute Gasteiger partial charge is 0.319 e. The molecule has 0 unspecified atom stereocenters. The van der Waals surface area contributed by atoms with Gasteiger partial charge in [0.15, 0.2) is 0 Å². The van der Waals surface area contributed by atoms with Crippen LogP contribution in [0.15, 0.2) is 36.9 Å². The molecule has 36 heavy (non-hydrogen) atoms. The lowest BCUT2D eigenvalue weighted by molar-refractivity contribution is 0.00918. The number of hydrogen-bond acceptors (Lipinski definition) is 7. The van der Waals surface area contributed by atoms with Crippen LogP contribution in [0.5, 0.6) is 5.75 Å². The Morgan fingerprint density at radius 2 is 1.94 bits per heavy atom. The van der Waals surface area contributed by atoms with Gasteiger partial charge in [-0.2, -0.15) is 0 Å². The van der Waals surface area contributed by atoms with Crippen LogP contribution >= 0.6 is 0 Å². The predicted octanol–water partition coefficient (Wildman–Crippen LogP) is 3.01. The summed E-state index contributed by atoms with van der Waals surface area (Å²) in [5, 5.41) is 5.61. The topological polar surface area (TPSA) is 109 Å². The molecule has 1 aliphatic heterocycles. The molecule has 1 aromatic heterocycles. The number of ether oxygens (including phenoxy) is 2. The van der Waals surface area contributed by atoms with Gasteiger partial charge in [0, 0.05) is 75.6 Å². The number of anilines is 1. The fraction of sp³-hybridized carbons (Fsp3) is 0.538. The molecule has 196 valence electrons. The molecule has 3 atom stereocenters. The molecule has 10 heteroatoms. The number of nitrogens with zero attached hydrogens (tertiary/aromatic N) is 4. The highest BCUT2D eigenvalue weighted by atomic mass is 16.5. The SMILES string of the molecule is CO[C@@H]1CN(C)C(=O)c2ccc(NC(=O)NC(C)C)cc2OC[C@H](C)N(Cc2cncnc2)C[C@@H]1C. The van der Waals surface area contributed by atoms with Crippen LogP contribution in [0.4, 0.5) is 10.5 Å². The molecule has 3 amide bonds. The van der Waals surface area contributed by atoms with Gasteiger partial charge in [-0.3, -0.25) is 9.69 Å². The van der Waals surface area contributed by atoms with Crippen LogP contribution in [-0.4, -0.2) is 83.7 Å². The molecule has 0 saturated heterocycles. The maximum Gasteiger partial charge on any atom is 0.319 e. The zero-order chi connectivity index (χ0) is 26.2. The number of carbonyl (C=O) groups is 2. The van der Waals surface area contributed by atoms with Gasteiger partial charge in [0.1, 0.15) is 18.7 Å². The molecular weight excluding hydrogens is 460 g/mol. The summed E-state index contributed by atoms with van der Waals surface area (Å²) in [7, 11) is 3.45. The van der Waals surface area contributed by atoms with Gasteiger partial charge < -0.3 is 25.0 Å². The summed E-state index contributed by atoms with van der Waals surface area (Å²) in [5.41, 5.74) is 1.99. The first-order valence-electron chi connectivity index (χ1n) is 12.3. The molecule has 10 nitrogen and oxygen atoms in total. The summed E-state index contributed by atoms with van der Waals surface area (Å²) in [6.45, 7) is 10.2. The van der Waals surface area contributed by atoms with Gasteiger partial charge in [-0.25, -0.2) is 14.8 Å². The summed E-state index contributed by atoms with van der Waals surface area (Å²) in [6.07, 6.45) is 5.01. The number of methoxy groups -OCH3 is 1. The number of carbonyl (C=O) groups excluding carboxylic acids is 2. The van der Waals surface area contributed by atoms with Gasteiger partial charge in [-0.1, -0.05) is 6.92 Å². The first kappa shape index (κ1) is 27.3. The Hall–Kier alpha value is -3.24. The Labute approximate surface area is 213 Å². The molecule has 0 bridgehead atoms.